The Morgan fingerprint density at radius 3 is 2.71 bits per heavy atom. The molecule has 0 radical (unpaired) electrons. The highest BCUT2D eigenvalue weighted by Gasteiger charge is 2.20. The SMILES string of the molecule is Cc1nn(C(C)C(=O)O)c(N)c1C#N. The van der Waals surface area contributed by atoms with E-state index in [2.05, 4.69) is 5.10 Å². The van der Waals surface area contributed by atoms with Gasteiger partial charge in [-0.1, -0.05) is 0 Å². The number of carboxylic acids is 1. The molecule has 3 N–H and O–H groups in total. The summed E-state index contributed by atoms with van der Waals surface area (Å²) in [4.78, 5) is 10.7. The van der Waals surface area contributed by atoms with Crippen molar-refractivity contribution in [3.05, 3.63) is 11.3 Å². The van der Waals surface area contributed by atoms with Crippen molar-refractivity contribution in [3.8, 4) is 6.07 Å². The number of nitrogen functional groups attached to an aromatic ring is 1. The van der Waals surface area contributed by atoms with Crippen molar-refractivity contribution in [1.29, 1.82) is 5.26 Å². The fourth-order valence-electron chi connectivity index (χ4n) is 1.10. The number of aliphatic carboxylic acids is 1. The average Bonchev–Trinajstić information content (AvgIpc) is 2.40. The summed E-state index contributed by atoms with van der Waals surface area (Å²) < 4.78 is 1.14. The molecule has 74 valence electrons. The van der Waals surface area contributed by atoms with Gasteiger partial charge in [0.05, 0.1) is 5.69 Å². The van der Waals surface area contributed by atoms with Gasteiger partial charge in [-0.15, -0.1) is 0 Å². The molecule has 0 aliphatic rings. The van der Waals surface area contributed by atoms with Gasteiger partial charge in [-0.05, 0) is 13.8 Å². The van der Waals surface area contributed by atoms with Gasteiger partial charge in [-0.2, -0.15) is 10.4 Å². The predicted octanol–water partition coefficient (Wildman–Crippen LogP) is 0.291. The van der Waals surface area contributed by atoms with Gasteiger partial charge in [0.2, 0.25) is 0 Å². The number of hydrogen-bond acceptors (Lipinski definition) is 4. The minimum Gasteiger partial charge on any atom is -0.480 e. The summed E-state index contributed by atoms with van der Waals surface area (Å²) in [6.07, 6.45) is 0. The summed E-state index contributed by atoms with van der Waals surface area (Å²) in [6.45, 7) is 3.06. The molecule has 0 aliphatic carbocycles. The minimum absolute atomic E-state index is 0.0971. The Kier molecular flexibility index (Phi) is 2.42. The van der Waals surface area contributed by atoms with E-state index in [0.717, 1.165) is 4.68 Å². The first kappa shape index (κ1) is 10.1. The Morgan fingerprint density at radius 2 is 2.36 bits per heavy atom. The number of carboxylic acid groups (broad SMARTS) is 1. The lowest BCUT2D eigenvalue weighted by Gasteiger charge is -2.07. The molecule has 1 aromatic heterocycles. The number of nitrogens with zero attached hydrogens (tertiary/aromatic N) is 3. The summed E-state index contributed by atoms with van der Waals surface area (Å²) in [5, 5.41) is 21.3. The van der Waals surface area contributed by atoms with Crippen LogP contribution in [0.2, 0.25) is 0 Å². The van der Waals surface area contributed by atoms with Gasteiger partial charge in [0.15, 0.2) is 0 Å². The first-order chi connectivity index (χ1) is 6.49. The number of carbonyl (C=O) groups is 1. The van der Waals surface area contributed by atoms with Gasteiger partial charge in [0.1, 0.15) is 23.5 Å². The zero-order valence-corrected chi connectivity index (χ0v) is 7.85. The quantitative estimate of drug-likeness (QED) is 0.703. The van der Waals surface area contributed by atoms with Gasteiger partial charge in [-0.3, -0.25) is 0 Å². The molecule has 0 aliphatic heterocycles. The van der Waals surface area contributed by atoms with Gasteiger partial charge >= 0.3 is 5.97 Å². The highest BCUT2D eigenvalue weighted by molar-refractivity contribution is 5.72. The lowest BCUT2D eigenvalue weighted by atomic mass is 10.2. The van der Waals surface area contributed by atoms with E-state index in [1.165, 1.54) is 6.92 Å². The van der Waals surface area contributed by atoms with Crippen molar-refractivity contribution in [2.45, 2.75) is 19.9 Å². The fourth-order valence-corrected chi connectivity index (χ4v) is 1.10. The lowest BCUT2D eigenvalue weighted by Crippen LogP contribution is -2.18. The largest absolute Gasteiger partial charge is 0.480 e. The molecule has 14 heavy (non-hydrogen) atoms. The molecule has 0 fully saturated rings. The second-order valence-electron chi connectivity index (χ2n) is 2.92. The summed E-state index contributed by atoms with van der Waals surface area (Å²) in [5.74, 6) is -0.941. The third-order valence-corrected chi connectivity index (χ3v) is 1.96. The topological polar surface area (TPSA) is 105 Å². The molecule has 1 atom stereocenters. The Morgan fingerprint density at radius 1 is 1.79 bits per heavy atom. The molecule has 0 saturated carbocycles. The molecular weight excluding hydrogens is 184 g/mol. The maximum Gasteiger partial charge on any atom is 0.328 e. The number of aryl methyl sites for hydroxylation is 1. The monoisotopic (exact) mass is 194 g/mol. The van der Waals surface area contributed by atoms with E-state index in [1.54, 1.807) is 6.92 Å². The number of hydrogen-bond donors (Lipinski definition) is 2. The number of nitriles is 1. The molecule has 0 spiro atoms. The van der Waals surface area contributed by atoms with E-state index in [1.807, 2.05) is 6.07 Å². The number of nitrogens with two attached hydrogens (primary N) is 1. The maximum atomic E-state index is 10.7. The Balaban J connectivity index is 3.26. The molecule has 0 amide bonds. The summed E-state index contributed by atoms with van der Waals surface area (Å²) in [7, 11) is 0. The van der Waals surface area contributed by atoms with Crippen LogP contribution in [0.5, 0.6) is 0 Å². The van der Waals surface area contributed by atoms with Crippen LogP contribution in [0.3, 0.4) is 0 Å². The second kappa shape index (κ2) is 3.38. The van der Waals surface area contributed by atoms with Gasteiger partial charge in [0.25, 0.3) is 0 Å². The van der Waals surface area contributed by atoms with Crippen LogP contribution >= 0.6 is 0 Å². The van der Waals surface area contributed by atoms with Crippen molar-refractivity contribution in [2.75, 3.05) is 5.73 Å². The number of anilines is 1. The minimum atomic E-state index is -1.04. The Labute approximate surface area is 80.6 Å². The average molecular weight is 194 g/mol. The second-order valence-corrected chi connectivity index (χ2v) is 2.92. The van der Waals surface area contributed by atoms with Crippen LogP contribution < -0.4 is 5.73 Å². The third kappa shape index (κ3) is 1.40. The highest BCUT2D eigenvalue weighted by Crippen LogP contribution is 2.19. The first-order valence-electron chi connectivity index (χ1n) is 3.96. The predicted molar refractivity (Wildman–Crippen MR) is 48.4 cm³/mol. The lowest BCUT2D eigenvalue weighted by molar-refractivity contribution is -0.140. The van der Waals surface area contributed by atoms with Crippen LogP contribution in [0.25, 0.3) is 0 Å². The van der Waals surface area contributed by atoms with Crippen LogP contribution in [0, 0.1) is 18.3 Å². The molecule has 1 aromatic rings. The van der Waals surface area contributed by atoms with Crippen LogP contribution in [-0.2, 0) is 4.79 Å². The van der Waals surface area contributed by atoms with E-state index in [0.29, 0.717) is 5.69 Å². The fraction of sp³-hybridized carbons (Fsp3) is 0.375. The van der Waals surface area contributed by atoms with Crippen molar-refractivity contribution in [3.63, 3.8) is 0 Å². The van der Waals surface area contributed by atoms with Crippen molar-refractivity contribution in [1.82, 2.24) is 9.78 Å². The molecule has 1 unspecified atom stereocenters. The molecule has 6 heteroatoms. The van der Waals surface area contributed by atoms with E-state index in [9.17, 15) is 4.79 Å². The van der Waals surface area contributed by atoms with Crippen molar-refractivity contribution in [2.24, 2.45) is 0 Å². The van der Waals surface area contributed by atoms with Crippen LogP contribution in [-0.4, -0.2) is 20.9 Å². The molecular formula is C8H10N4O2. The zero-order chi connectivity index (χ0) is 10.9. The van der Waals surface area contributed by atoms with Crippen LogP contribution in [0.15, 0.2) is 0 Å². The molecule has 0 aromatic carbocycles. The Hall–Kier alpha value is -2.03. The summed E-state index contributed by atoms with van der Waals surface area (Å²) in [5.41, 5.74) is 6.25. The van der Waals surface area contributed by atoms with Gasteiger partial charge < -0.3 is 10.8 Å². The number of aromatic nitrogens is 2. The normalized spacial score (nSPS) is 12.1. The molecule has 6 nitrogen and oxygen atoms in total. The highest BCUT2D eigenvalue weighted by atomic mass is 16.4. The van der Waals surface area contributed by atoms with Crippen LogP contribution in [0.4, 0.5) is 5.82 Å². The van der Waals surface area contributed by atoms with E-state index in [4.69, 9.17) is 16.1 Å². The maximum absolute atomic E-state index is 10.7. The molecule has 0 saturated heterocycles. The third-order valence-electron chi connectivity index (χ3n) is 1.96. The van der Waals surface area contributed by atoms with Crippen molar-refractivity contribution >= 4 is 11.8 Å². The van der Waals surface area contributed by atoms with E-state index >= 15 is 0 Å². The summed E-state index contributed by atoms with van der Waals surface area (Å²) >= 11 is 0. The van der Waals surface area contributed by atoms with E-state index in [-0.39, 0.29) is 11.4 Å². The van der Waals surface area contributed by atoms with Gasteiger partial charge in [0, 0.05) is 0 Å². The first-order valence-corrected chi connectivity index (χ1v) is 3.96. The van der Waals surface area contributed by atoms with Crippen molar-refractivity contribution < 1.29 is 9.90 Å². The Bertz CT molecular complexity index is 416. The molecule has 1 rings (SSSR count). The zero-order valence-electron chi connectivity index (χ0n) is 7.85. The molecule has 0 bridgehead atoms. The summed E-state index contributed by atoms with van der Waals surface area (Å²) in [6, 6.07) is 1.01. The smallest absolute Gasteiger partial charge is 0.328 e. The van der Waals surface area contributed by atoms with E-state index < -0.39 is 12.0 Å². The number of rotatable bonds is 2. The molecule has 1 heterocycles. The van der Waals surface area contributed by atoms with Crippen LogP contribution in [0.1, 0.15) is 24.2 Å². The van der Waals surface area contributed by atoms with Gasteiger partial charge in [-0.25, -0.2) is 9.48 Å². The standard InChI is InChI=1S/C8H10N4O2/c1-4-6(3-9)7(10)12(11-4)5(2)8(13)14/h5H,10H2,1-2H3,(H,13,14).